The second-order valence-electron chi connectivity index (χ2n) is 0.378. The molecule has 0 atom stereocenters. The lowest BCUT2D eigenvalue weighted by molar-refractivity contribution is -2.00. The number of hydrogen-bond donors (Lipinski definition) is 0. The van der Waals surface area contributed by atoms with Crippen LogP contribution < -0.4 is 16.8 Å². The predicted molar refractivity (Wildman–Crippen MR) is 0 cm³/mol. The van der Waals surface area contributed by atoms with Gasteiger partial charge < -0.3 is 0 Å². The first-order chi connectivity index (χ1) is 2.00. The van der Waals surface area contributed by atoms with Crippen LogP contribution in [0.15, 0.2) is 0 Å². The normalized spacial score (nSPS) is 12.0. The zero-order valence-corrected chi connectivity index (χ0v) is 3.60. The topological polar surface area (TPSA) is 92.2 Å². The van der Waals surface area contributed by atoms with E-state index in [4.69, 9.17) is 16.8 Å². The molecule has 0 fully saturated rings. The van der Waals surface area contributed by atoms with Crippen molar-refractivity contribution in [3.8, 4) is 0 Å². The van der Waals surface area contributed by atoms with Gasteiger partial charge in [-0.3, -0.25) is 16.8 Å². The third-order valence-corrected chi connectivity index (χ3v) is 0. The fourth-order valence-corrected chi connectivity index (χ4v) is 0. The van der Waals surface area contributed by atoms with Gasteiger partial charge in [-0.05, 0) is 0 Å². The van der Waals surface area contributed by atoms with E-state index in [9.17, 15) is 0 Å². The maximum absolute atomic E-state index is 8.58. The molecular weight excluding hydrogens is 144 g/mol. The molecule has 0 N–H and O–H groups in total. The quantitative estimate of drug-likeness (QED) is 0.341. The molecule has 5 heavy (non-hydrogen) atoms. The summed E-state index contributed by atoms with van der Waals surface area (Å²) in [6.07, 6.45) is 0. The Morgan fingerprint density at radius 3 is 0.800 bits per heavy atom. The van der Waals surface area contributed by atoms with Crippen molar-refractivity contribution in [1.82, 2.24) is 0 Å². The minimum Gasteiger partial charge on any atom is -0.264 e. The Morgan fingerprint density at radius 1 is 0.800 bits per heavy atom. The van der Waals surface area contributed by atoms with Crippen LogP contribution in [0, 0.1) is 14.1 Å². The van der Waals surface area contributed by atoms with Crippen molar-refractivity contribution in [1.29, 1.82) is 0 Å². The standard InChI is InChI=1S/BrO4/c2-1(3,4)5/q-1. The minimum atomic E-state index is -5.62. The first-order valence-corrected chi connectivity index (χ1v) is 3.21. The Balaban J connectivity index is 3.02. The van der Waals surface area contributed by atoms with Crippen LogP contribution in [0.25, 0.3) is 0 Å². The van der Waals surface area contributed by atoms with Gasteiger partial charge in [-0.1, -0.05) is 0 Å². The summed E-state index contributed by atoms with van der Waals surface area (Å²) in [5, 5.41) is 0. The Labute approximate surface area is 31.8 Å². The average molecular weight is 144 g/mol. The summed E-state index contributed by atoms with van der Waals surface area (Å²) < 4.78 is 34.3. The summed E-state index contributed by atoms with van der Waals surface area (Å²) >= 11 is -5.62. The van der Waals surface area contributed by atoms with Crippen molar-refractivity contribution in [3.05, 3.63) is 0 Å². The van der Waals surface area contributed by atoms with Crippen molar-refractivity contribution in [2.24, 2.45) is 0 Å². The van der Waals surface area contributed by atoms with E-state index in [-0.39, 0.29) is 0 Å². The third-order valence-electron chi connectivity index (χ3n) is 0. The third kappa shape index (κ3) is 227. The van der Waals surface area contributed by atoms with Crippen LogP contribution in [0.2, 0.25) is 0 Å². The number of hydrogen-bond acceptors (Lipinski definition) is 4. The maximum atomic E-state index is 8.58. The van der Waals surface area contributed by atoms with Gasteiger partial charge >= 0.3 is 0 Å². The molecule has 5 heteroatoms. The van der Waals surface area contributed by atoms with Crippen molar-refractivity contribution in [2.45, 2.75) is 0 Å². The van der Waals surface area contributed by atoms with Crippen LogP contribution in [0.4, 0.5) is 0 Å². The Bertz CT molecular complexity index is 19.1. The highest BCUT2D eigenvalue weighted by atomic mass is 80.0. The molecule has 0 aliphatic rings. The second-order valence-corrected chi connectivity index (χ2v) is 1.96. The van der Waals surface area contributed by atoms with E-state index in [2.05, 4.69) is 0 Å². The van der Waals surface area contributed by atoms with Gasteiger partial charge in [0.05, 0.1) is 14.1 Å². The largest absolute Gasteiger partial charge is 0.264 e. The predicted octanol–water partition coefficient (Wildman–Crippen LogP) is -4.76. The molecule has 0 aromatic rings. The monoisotopic (exact) mass is 143 g/mol. The first kappa shape index (κ1) is 5.32. The van der Waals surface area contributed by atoms with Gasteiger partial charge in [-0.2, -0.15) is 0 Å². The van der Waals surface area contributed by atoms with E-state index >= 15 is 0 Å². The summed E-state index contributed by atoms with van der Waals surface area (Å²) in [6.45, 7) is 0. The molecule has 0 unspecified atom stereocenters. The summed E-state index contributed by atoms with van der Waals surface area (Å²) in [4.78, 5) is 0. The van der Waals surface area contributed by atoms with Gasteiger partial charge in [-0.25, -0.2) is 0 Å². The Kier molecular flexibility index (Phi) is 1.27. The molecule has 4 nitrogen and oxygen atoms in total. The van der Waals surface area contributed by atoms with E-state index < -0.39 is 14.1 Å². The number of halogens is 1. The van der Waals surface area contributed by atoms with Gasteiger partial charge in [0.2, 0.25) is 0 Å². The van der Waals surface area contributed by atoms with E-state index in [1.165, 1.54) is 0 Å². The molecule has 0 spiro atoms. The van der Waals surface area contributed by atoms with Crippen molar-refractivity contribution < 1.29 is 30.9 Å². The molecule has 0 saturated carbocycles. The highest BCUT2D eigenvalue weighted by molar-refractivity contribution is 2.00. The smallest absolute Gasteiger partial charge is 0.0567 e. The molecule has 0 heterocycles. The molecule has 0 aromatic carbocycles. The summed E-state index contributed by atoms with van der Waals surface area (Å²) in [6, 6.07) is 0. The molecule has 0 rings (SSSR count). The fourth-order valence-electron chi connectivity index (χ4n) is 0. The zero-order chi connectivity index (χ0) is 4.50. The molecule has 32 valence electrons. The van der Waals surface area contributed by atoms with E-state index in [1.807, 2.05) is 0 Å². The van der Waals surface area contributed by atoms with Crippen molar-refractivity contribution >= 4 is 0 Å². The molecular formula is BrO4-. The Hall–Kier alpha value is 0.320. The molecule has 0 saturated heterocycles. The lowest BCUT2D eigenvalue weighted by atomic mass is 15.9. The molecule has 0 bridgehead atoms. The van der Waals surface area contributed by atoms with E-state index in [1.54, 1.807) is 0 Å². The molecule has 0 radical (unpaired) electrons. The first-order valence-electron chi connectivity index (χ1n) is 0.617. The summed E-state index contributed by atoms with van der Waals surface area (Å²) in [7, 11) is 0. The van der Waals surface area contributed by atoms with Gasteiger partial charge in [0.25, 0.3) is 0 Å². The van der Waals surface area contributed by atoms with Crippen molar-refractivity contribution in [3.63, 3.8) is 0 Å². The van der Waals surface area contributed by atoms with Crippen LogP contribution in [-0.2, 0) is 0 Å². The van der Waals surface area contributed by atoms with E-state index in [0.29, 0.717) is 0 Å². The van der Waals surface area contributed by atoms with Gasteiger partial charge in [0, 0.05) is 0 Å². The van der Waals surface area contributed by atoms with Gasteiger partial charge in [-0.15, -0.1) is 0 Å². The Morgan fingerprint density at radius 2 is 0.800 bits per heavy atom. The zero-order valence-electron chi connectivity index (χ0n) is 2.01. The SMILES string of the molecule is [O-][Br+3]([O-])([O-])[O-]. The summed E-state index contributed by atoms with van der Waals surface area (Å²) in [5.41, 5.74) is 0. The maximum Gasteiger partial charge on any atom is 0.0567 e. The molecule has 0 amide bonds. The average Bonchev–Trinajstić information content (AvgIpc) is 0.722. The summed E-state index contributed by atoms with van der Waals surface area (Å²) in [5.74, 6) is 0. The van der Waals surface area contributed by atoms with Crippen molar-refractivity contribution in [2.75, 3.05) is 0 Å². The highest BCUT2D eigenvalue weighted by Gasteiger charge is 1.90. The lowest BCUT2D eigenvalue weighted by Gasteiger charge is -2.11. The van der Waals surface area contributed by atoms with Gasteiger partial charge in [0.15, 0.2) is 0 Å². The van der Waals surface area contributed by atoms with Crippen LogP contribution >= 0.6 is 0 Å². The van der Waals surface area contributed by atoms with Crippen LogP contribution in [0.1, 0.15) is 0 Å². The minimum absolute atomic E-state index is 5.62. The van der Waals surface area contributed by atoms with Gasteiger partial charge in [0.1, 0.15) is 0 Å². The van der Waals surface area contributed by atoms with E-state index in [0.717, 1.165) is 0 Å². The fraction of sp³-hybridized carbons (Fsp3) is 0. The lowest BCUT2D eigenvalue weighted by Crippen LogP contribution is -2.68. The molecule has 0 aliphatic carbocycles. The molecule has 0 aromatic heterocycles. The van der Waals surface area contributed by atoms with Crippen LogP contribution in [0.5, 0.6) is 0 Å². The molecule has 0 aliphatic heterocycles. The highest BCUT2D eigenvalue weighted by Crippen LogP contribution is 1.49. The second kappa shape index (κ2) is 1.19. The number of rotatable bonds is 0. The van der Waals surface area contributed by atoms with Crippen LogP contribution in [-0.4, -0.2) is 0 Å². The van der Waals surface area contributed by atoms with Crippen LogP contribution in [0.3, 0.4) is 0 Å².